The third-order valence-electron chi connectivity index (χ3n) is 5.04. The highest BCUT2D eigenvalue weighted by atomic mass is 19.1. The van der Waals surface area contributed by atoms with Gasteiger partial charge in [-0.3, -0.25) is 14.6 Å². The number of amides is 2. The maximum absolute atomic E-state index is 12.9. The maximum Gasteiger partial charge on any atom is 0.238 e. The van der Waals surface area contributed by atoms with E-state index in [-0.39, 0.29) is 17.6 Å². The van der Waals surface area contributed by atoms with E-state index < -0.39 is 5.41 Å². The normalized spacial score (nSPS) is 14.4. The molecule has 0 unspecified atom stereocenters. The molecular formula is C21H24FN3O2. The lowest BCUT2D eigenvalue weighted by Gasteiger charge is -2.23. The van der Waals surface area contributed by atoms with Crippen molar-refractivity contribution in [1.29, 1.82) is 0 Å². The van der Waals surface area contributed by atoms with Crippen LogP contribution in [0, 0.1) is 11.2 Å². The molecule has 2 aromatic rings. The molecule has 1 heterocycles. The van der Waals surface area contributed by atoms with Gasteiger partial charge in [0.1, 0.15) is 11.2 Å². The lowest BCUT2D eigenvalue weighted by atomic mass is 10.0. The summed E-state index contributed by atoms with van der Waals surface area (Å²) in [6.07, 6.45) is 5.98. The van der Waals surface area contributed by atoms with Gasteiger partial charge in [-0.05, 0) is 61.1 Å². The number of pyridine rings is 1. The van der Waals surface area contributed by atoms with Gasteiger partial charge in [0.2, 0.25) is 11.8 Å². The first-order valence-corrected chi connectivity index (χ1v) is 9.18. The zero-order valence-corrected chi connectivity index (χ0v) is 15.5. The second-order valence-electron chi connectivity index (χ2n) is 7.05. The minimum absolute atomic E-state index is 0.115. The summed E-state index contributed by atoms with van der Waals surface area (Å²) < 4.78 is 12.9. The summed E-state index contributed by atoms with van der Waals surface area (Å²) in [4.78, 5) is 31.0. The van der Waals surface area contributed by atoms with Gasteiger partial charge in [0.15, 0.2) is 0 Å². The van der Waals surface area contributed by atoms with Crippen molar-refractivity contribution in [3.05, 3.63) is 65.7 Å². The van der Waals surface area contributed by atoms with Crippen molar-refractivity contribution < 1.29 is 14.0 Å². The van der Waals surface area contributed by atoms with E-state index in [1.165, 1.54) is 12.1 Å². The highest BCUT2D eigenvalue weighted by Crippen LogP contribution is 2.47. The monoisotopic (exact) mass is 369 g/mol. The Labute approximate surface area is 158 Å². The van der Waals surface area contributed by atoms with Gasteiger partial charge in [-0.25, -0.2) is 4.39 Å². The van der Waals surface area contributed by atoms with Crippen LogP contribution in [0.1, 0.15) is 24.0 Å². The number of benzene rings is 1. The molecule has 1 N–H and O–H groups in total. The summed E-state index contributed by atoms with van der Waals surface area (Å²) in [7, 11) is 1.75. The molecule has 1 aromatic heterocycles. The van der Waals surface area contributed by atoms with Crippen LogP contribution < -0.4 is 5.32 Å². The van der Waals surface area contributed by atoms with Crippen LogP contribution >= 0.6 is 0 Å². The SMILES string of the molecule is CN(CCc1ccncc1)C(=O)C1(C(=O)NCCc2ccc(F)cc2)CC1. The molecule has 0 aliphatic heterocycles. The van der Waals surface area contributed by atoms with Crippen molar-refractivity contribution in [3.63, 3.8) is 0 Å². The number of nitrogens with one attached hydrogen (secondary N) is 1. The number of likely N-dealkylation sites (N-methyl/N-ethyl adjacent to an activating group) is 1. The van der Waals surface area contributed by atoms with Crippen LogP contribution in [-0.4, -0.2) is 41.8 Å². The van der Waals surface area contributed by atoms with E-state index in [2.05, 4.69) is 10.3 Å². The predicted molar refractivity (Wildman–Crippen MR) is 100 cm³/mol. The summed E-state index contributed by atoms with van der Waals surface area (Å²) in [6, 6.07) is 10.1. The Balaban J connectivity index is 1.48. The second-order valence-corrected chi connectivity index (χ2v) is 7.05. The van der Waals surface area contributed by atoms with Gasteiger partial charge >= 0.3 is 0 Å². The Morgan fingerprint density at radius 3 is 2.33 bits per heavy atom. The molecular weight excluding hydrogens is 345 g/mol. The Bertz CT molecular complexity index is 789. The number of nitrogens with zero attached hydrogens (tertiary/aromatic N) is 2. The van der Waals surface area contributed by atoms with Crippen molar-refractivity contribution in [3.8, 4) is 0 Å². The number of hydrogen-bond acceptors (Lipinski definition) is 3. The Morgan fingerprint density at radius 1 is 1.07 bits per heavy atom. The standard InChI is InChI=1S/C21H24FN3O2/c1-25(15-9-17-6-12-23-13-7-17)20(27)21(10-11-21)19(26)24-14-8-16-2-4-18(22)5-3-16/h2-7,12-13H,8-11,14-15H2,1H3,(H,24,26). The first-order chi connectivity index (χ1) is 13.0. The van der Waals surface area contributed by atoms with Gasteiger partial charge < -0.3 is 10.2 Å². The molecule has 1 aromatic carbocycles. The Kier molecular flexibility index (Phi) is 5.84. The topological polar surface area (TPSA) is 62.3 Å². The number of rotatable bonds is 8. The number of carbonyl (C=O) groups excluding carboxylic acids is 2. The summed E-state index contributed by atoms with van der Waals surface area (Å²) in [5, 5.41) is 2.87. The van der Waals surface area contributed by atoms with Gasteiger partial charge in [-0.15, -0.1) is 0 Å². The zero-order valence-electron chi connectivity index (χ0n) is 15.5. The Morgan fingerprint density at radius 2 is 1.70 bits per heavy atom. The van der Waals surface area contributed by atoms with Crippen LogP contribution in [0.25, 0.3) is 0 Å². The molecule has 27 heavy (non-hydrogen) atoms. The van der Waals surface area contributed by atoms with E-state index in [4.69, 9.17) is 0 Å². The summed E-state index contributed by atoms with van der Waals surface area (Å²) in [5.74, 6) is -0.596. The Hall–Kier alpha value is -2.76. The van der Waals surface area contributed by atoms with E-state index in [9.17, 15) is 14.0 Å². The smallest absolute Gasteiger partial charge is 0.238 e. The van der Waals surface area contributed by atoms with Gasteiger partial charge in [-0.1, -0.05) is 12.1 Å². The summed E-state index contributed by atoms with van der Waals surface area (Å²) in [5.41, 5.74) is 1.15. The molecule has 0 radical (unpaired) electrons. The minimum atomic E-state index is -0.907. The van der Waals surface area contributed by atoms with Crippen molar-refractivity contribution >= 4 is 11.8 Å². The lowest BCUT2D eigenvalue weighted by molar-refractivity contribution is -0.143. The van der Waals surface area contributed by atoms with Crippen molar-refractivity contribution in [1.82, 2.24) is 15.2 Å². The molecule has 3 rings (SSSR count). The number of aromatic nitrogens is 1. The second kappa shape index (κ2) is 8.29. The highest BCUT2D eigenvalue weighted by molar-refractivity contribution is 6.07. The molecule has 142 valence electrons. The number of halogens is 1. The molecule has 0 atom stereocenters. The average Bonchev–Trinajstić information content (AvgIpc) is 3.50. The molecule has 6 heteroatoms. The van der Waals surface area contributed by atoms with Gasteiger partial charge in [0, 0.05) is 32.5 Å². The summed E-state index contributed by atoms with van der Waals surface area (Å²) in [6.45, 7) is 0.994. The molecule has 1 fully saturated rings. The molecule has 0 bridgehead atoms. The van der Waals surface area contributed by atoms with Crippen LogP contribution in [-0.2, 0) is 22.4 Å². The molecule has 0 saturated heterocycles. The quantitative estimate of drug-likeness (QED) is 0.727. The maximum atomic E-state index is 12.9. The third-order valence-corrected chi connectivity index (χ3v) is 5.04. The van der Waals surface area contributed by atoms with Gasteiger partial charge in [-0.2, -0.15) is 0 Å². The number of hydrogen-bond donors (Lipinski definition) is 1. The molecule has 5 nitrogen and oxygen atoms in total. The number of carbonyl (C=O) groups is 2. The largest absolute Gasteiger partial charge is 0.355 e. The fourth-order valence-corrected chi connectivity index (χ4v) is 3.12. The van der Waals surface area contributed by atoms with Crippen molar-refractivity contribution in [2.24, 2.45) is 5.41 Å². The molecule has 1 saturated carbocycles. The first-order valence-electron chi connectivity index (χ1n) is 9.18. The average molecular weight is 369 g/mol. The van der Waals surface area contributed by atoms with E-state index in [1.807, 2.05) is 12.1 Å². The summed E-state index contributed by atoms with van der Waals surface area (Å²) >= 11 is 0. The van der Waals surface area contributed by atoms with Crippen molar-refractivity contribution in [2.45, 2.75) is 25.7 Å². The van der Waals surface area contributed by atoms with Crippen molar-refractivity contribution in [2.75, 3.05) is 20.1 Å². The zero-order chi connectivity index (χ0) is 19.3. The van der Waals surface area contributed by atoms with Crippen LogP contribution in [0.3, 0.4) is 0 Å². The van der Waals surface area contributed by atoms with Crippen LogP contribution in [0.15, 0.2) is 48.8 Å². The molecule has 2 amide bonds. The first kappa shape index (κ1) is 19.0. The van der Waals surface area contributed by atoms with E-state index in [1.54, 1.807) is 36.5 Å². The van der Waals surface area contributed by atoms with Gasteiger partial charge in [0.25, 0.3) is 0 Å². The fraction of sp³-hybridized carbons (Fsp3) is 0.381. The van der Waals surface area contributed by atoms with E-state index >= 15 is 0 Å². The van der Waals surface area contributed by atoms with Crippen LogP contribution in [0.4, 0.5) is 4.39 Å². The van der Waals surface area contributed by atoms with E-state index in [0.717, 1.165) is 17.5 Å². The lowest BCUT2D eigenvalue weighted by Crippen LogP contribution is -2.44. The fourth-order valence-electron chi connectivity index (χ4n) is 3.12. The van der Waals surface area contributed by atoms with E-state index in [0.29, 0.717) is 32.4 Å². The third kappa shape index (κ3) is 4.70. The minimum Gasteiger partial charge on any atom is -0.355 e. The highest BCUT2D eigenvalue weighted by Gasteiger charge is 2.57. The van der Waals surface area contributed by atoms with Crippen LogP contribution in [0.5, 0.6) is 0 Å². The molecule has 0 spiro atoms. The van der Waals surface area contributed by atoms with Gasteiger partial charge in [0.05, 0.1) is 0 Å². The molecule has 1 aliphatic carbocycles. The molecule has 1 aliphatic rings. The van der Waals surface area contributed by atoms with Crippen LogP contribution in [0.2, 0.25) is 0 Å². The predicted octanol–water partition coefficient (Wildman–Crippen LogP) is 2.36.